The number of nitrogens with one attached hydrogen (secondary N) is 1. The van der Waals surface area contributed by atoms with E-state index in [1.807, 2.05) is 80.7 Å². The molecule has 5 atom stereocenters. The molecule has 230 valence electrons. The Bertz CT molecular complexity index is 1300. The van der Waals surface area contributed by atoms with Crippen LogP contribution in [0.1, 0.15) is 79.8 Å². The Balaban J connectivity index is 1.44. The number of anilines is 1. The molecule has 1 saturated heterocycles. The van der Waals surface area contributed by atoms with Crippen LogP contribution in [0, 0.1) is 0 Å². The van der Waals surface area contributed by atoms with E-state index in [2.05, 4.69) is 10.2 Å². The molecular weight excluding hydrogens is 548 g/mol. The summed E-state index contributed by atoms with van der Waals surface area (Å²) in [7, 11) is 1.98. The van der Waals surface area contributed by atoms with Gasteiger partial charge in [0, 0.05) is 43.1 Å². The monoisotopic (exact) mass is 590 g/mol. The maximum atomic E-state index is 12.3. The topological polar surface area (TPSA) is 129 Å². The summed E-state index contributed by atoms with van der Waals surface area (Å²) in [6.07, 6.45) is 0.162. The highest BCUT2D eigenvalue weighted by Crippen LogP contribution is 2.38. The standard InChI is InChI=1S/C34H42N2O7/c1-23(33(41)26-8-4-3-5-9-26)36(2)21-29-20-30(25-14-12-24(22-37)13-15-25)43-34(42-29)27-16-18-28(19-17-27)35-31(38)10-6-7-11-32(39)40/h3-5,8-9,12-19,23,29-30,33-34,37,41H,6-7,10-11,20-22H2,1-2H3,(H,35,38)(H,39,40)/t23-,29+,30-,33-,34-/m1/s1. The summed E-state index contributed by atoms with van der Waals surface area (Å²) in [5.74, 6) is -1.02. The number of ether oxygens (including phenoxy) is 2. The van der Waals surface area contributed by atoms with Crippen molar-refractivity contribution in [2.24, 2.45) is 0 Å². The Kier molecular flexibility index (Phi) is 11.8. The average molecular weight is 591 g/mol. The number of rotatable bonds is 14. The number of carboxylic acids is 1. The third kappa shape index (κ3) is 9.44. The molecule has 9 heteroatoms. The number of carbonyl (C=O) groups is 2. The number of carboxylic acid groups (broad SMARTS) is 1. The number of benzene rings is 3. The fourth-order valence-corrected chi connectivity index (χ4v) is 5.20. The minimum atomic E-state index is -0.860. The van der Waals surface area contributed by atoms with Gasteiger partial charge < -0.3 is 30.1 Å². The number of aliphatic hydroxyl groups excluding tert-OH is 2. The quantitative estimate of drug-likeness (QED) is 0.185. The summed E-state index contributed by atoms with van der Waals surface area (Å²) >= 11 is 0. The zero-order valence-electron chi connectivity index (χ0n) is 24.8. The Labute approximate surface area is 253 Å². The minimum Gasteiger partial charge on any atom is -0.481 e. The number of amides is 1. The summed E-state index contributed by atoms with van der Waals surface area (Å²) in [6.45, 7) is 2.54. The summed E-state index contributed by atoms with van der Waals surface area (Å²) in [4.78, 5) is 25.1. The van der Waals surface area contributed by atoms with Crippen LogP contribution < -0.4 is 5.32 Å². The summed E-state index contributed by atoms with van der Waals surface area (Å²) in [6, 6.07) is 24.5. The fraction of sp³-hybridized carbons (Fsp3) is 0.412. The molecule has 3 aromatic rings. The maximum Gasteiger partial charge on any atom is 0.303 e. The van der Waals surface area contributed by atoms with Gasteiger partial charge in [-0.1, -0.05) is 66.7 Å². The molecule has 0 unspecified atom stereocenters. The highest BCUT2D eigenvalue weighted by atomic mass is 16.7. The van der Waals surface area contributed by atoms with E-state index in [9.17, 15) is 19.8 Å². The molecule has 4 rings (SSSR count). The lowest BCUT2D eigenvalue weighted by atomic mass is 9.98. The molecule has 0 radical (unpaired) electrons. The van der Waals surface area contributed by atoms with Gasteiger partial charge in [0.25, 0.3) is 0 Å². The molecule has 3 aromatic carbocycles. The third-order valence-electron chi connectivity index (χ3n) is 7.91. The van der Waals surface area contributed by atoms with Crippen molar-refractivity contribution in [3.8, 4) is 0 Å². The van der Waals surface area contributed by atoms with Crippen molar-refractivity contribution >= 4 is 17.6 Å². The van der Waals surface area contributed by atoms with Crippen molar-refractivity contribution in [2.75, 3.05) is 18.9 Å². The second kappa shape index (κ2) is 15.7. The molecule has 0 bridgehead atoms. The van der Waals surface area contributed by atoms with Gasteiger partial charge in [0.05, 0.1) is 24.9 Å². The molecule has 0 spiro atoms. The molecule has 0 aliphatic carbocycles. The van der Waals surface area contributed by atoms with Crippen molar-refractivity contribution in [3.63, 3.8) is 0 Å². The molecule has 0 aromatic heterocycles. The number of nitrogens with zero attached hydrogens (tertiary/aromatic N) is 1. The third-order valence-corrected chi connectivity index (χ3v) is 7.91. The van der Waals surface area contributed by atoms with Crippen LogP contribution in [0.25, 0.3) is 0 Å². The lowest BCUT2D eigenvalue weighted by Gasteiger charge is -2.39. The number of aliphatic carboxylic acids is 1. The fourth-order valence-electron chi connectivity index (χ4n) is 5.20. The molecule has 0 saturated carbocycles. The van der Waals surface area contributed by atoms with Crippen molar-refractivity contribution < 1.29 is 34.4 Å². The van der Waals surface area contributed by atoms with Crippen LogP contribution in [0.4, 0.5) is 5.69 Å². The molecule has 1 fully saturated rings. The predicted octanol–water partition coefficient (Wildman–Crippen LogP) is 5.36. The van der Waals surface area contributed by atoms with Gasteiger partial charge in [0.2, 0.25) is 5.91 Å². The maximum absolute atomic E-state index is 12.3. The summed E-state index contributed by atoms with van der Waals surface area (Å²) in [5, 5.41) is 32.1. The number of aliphatic hydroxyl groups is 2. The van der Waals surface area contributed by atoms with Gasteiger partial charge in [-0.05, 0) is 55.6 Å². The van der Waals surface area contributed by atoms with Crippen molar-refractivity contribution in [2.45, 2.75) is 76.3 Å². The first-order valence-corrected chi connectivity index (χ1v) is 14.8. The molecular formula is C34H42N2O7. The molecule has 1 aliphatic heterocycles. The van der Waals surface area contributed by atoms with Gasteiger partial charge in [-0.15, -0.1) is 0 Å². The lowest BCUT2D eigenvalue weighted by molar-refractivity contribution is -0.253. The van der Waals surface area contributed by atoms with Crippen LogP contribution in [0.2, 0.25) is 0 Å². The largest absolute Gasteiger partial charge is 0.481 e. The highest BCUT2D eigenvalue weighted by molar-refractivity contribution is 5.90. The molecule has 1 heterocycles. The Morgan fingerprint density at radius 2 is 1.58 bits per heavy atom. The zero-order valence-corrected chi connectivity index (χ0v) is 24.8. The van der Waals surface area contributed by atoms with Gasteiger partial charge in [0.1, 0.15) is 0 Å². The van der Waals surface area contributed by atoms with Crippen molar-refractivity contribution in [3.05, 3.63) is 101 Å². The average Bonchev–Trinajstić information content (AvgIpc) is 3.03. The van der Waals surface area contributed by atoms with E-state index >= 15 is 0 Å². The summed E-state index contributed by atoms with van der Waals surface area (Å²) in [5.41, 5.74) is 4.12. The highest BCUT2D eigenvalue weighted by Gasteiger charge is 2.34. The first kappa shape index (κ1) is 32.3. The number of carbonyl (C=O) groups excluding carboxylic acids is 1. The Morgan fingerprint density at radius 3 is 2.23 bits per heavy atom. The second-order valence-electron chi connectivity index (χ2n) is 11.2. The van der Waals surface area contributed by atoms with Crippen LogP contribution in [0.3, 0.4) is 0 Å². The number of hydrogen-bond donors (Lipinski definition) is 4. The van der Waals surface area contributed by atoms with Gasteiger partial charge in [-0.25, -0.2) is 0 Å². The molecule has 9 nitrogen and oxygen atoms in total. The van der Waals surface area contributed by atoms with E-state index in [1.54, 1.807) is 12.1 Å². The van der Waals surface area contributed by atoms with E-state index in [1.165, 1.54) is 0 Å². The normalized spacial score (nSPS) is 20.0. The van der Waals surface area contributed by atoms with Crippen LogP contribution in [0.15, 0.2) is 78.9 Å². The number of likely N-dealkylation sites (N-methyl/N-ethyl adjacent to an activating group) is 1. The van der Waals surface area contributed by atoms with Crippen LogP contribution >= 0.6 is 0 Å². The van der Waals surface area contributed by atoms with Crippen LogP contribution in [-0.4, -0.2) is 57.8 Å². The van der Waals surface area contributed by atoms with Crippen molar-refractivity contribution in [1.82, 2.24) is 4.90 Å². The van der Waals surface area contributed by atoms with Crippen LogP contribution in [0.5, 0.6) is 0 Å². The zero-order chi connectivity index (χ0) is 30.8. The molecule has 43 heavy (non-hydrogen) atoms. The van der Waals surface area contributed by atoms with Gasteiger partial charge in [-0.2, -0.15) is 0 Å². The Morgan fingerprint density at radius 1 is 0.930 bits per heavy atom. The van der Waals surface area contributed by atoms with E-state index < -0.39 is 18.4 Å². The number of unbranched alkanes of at least 4 members (excludes halogenated alkanes) is 1. The van der Waals surface area contributed by atoms with Crippen LogP contribution in [-0.2, 0) is 25.7 Å². The first-order valence-electron chi connectivity index (χ1n) is 14.8. The van der Waals surface area contributed by atoms with Gasteiger partial charge in [-0.3, -0.25) is 14.5 Å². The van der Waals surface area contributed by atoms with E-state index in [-0.39, 0.29) is 43.6 Å². The van der Waals surface area contributed by atoms with Gasteiger partial charge in [0.15, 0.2) is 6.29 Å². The second-order valence-corrected chi connectivity index (χ2v) is 11.2. The van der Waals surface area contributed by atoms with E-state index in [4.69, 9.17) is 14.6 Å². The Hall–Kier alpha value is -3.60. The predicted molar refractivity (Wildman–Crippen MR) is 163 cm³/mol. The minimum absolute atomic E-state index is 0.0299. The SMILES string of the molecule is C[C@H]([C@@H](O)c1ccccc1)N(C)C[C@@H]1C[C@H](c2ccc(CO)cc2)O[C@H](c2ccc(NC(=O)CCCCC(=O)O)cc2)O1. The van der Waals surface area contributed by atoms with Gasteiger partial charge >= 0.3 is 5.97 Å². The first-order chi connectivity index (χ1) is 20.7. The molecule has 4 N–H and O–H groups in total. The lowest BCUT2D eigenvalue weighted by Crippen LogP contribution is -2.43. The summed E-state index contributed by atoms with van der Waals surface area (Å²) < 4.78 is 12.9. The number of hydrogen-bond acceptors (Lipinski definition) is 7. The molecule has 1 amide bonds. The smallest absolute Gasteiger partial charge is 0.303 e. The van der Waals surface area contributed by atoms with E-state index in [0.717, 1.165) is 22.3 Å². The van der Waals surface area contributed by atoms with E-state index in [0.29, 0.717) is 31.5 Å². The van der Waals surface area contributed by atoms with Crippen molar-refractivity contribution in [1.29, 1.82) is 0 Å². The molecule has 1 aliphatic rings.